The van der Waals surface area contributed by atoms with Crippen LogP contribution in [0.4, 0.5) is 10.1 Å². The number of aromatic amines is 1. The topological polar surface area (TPSA) is 95.2 Å². The van der Waals surface area contributed by atoms with E-state index in [-0.39, 0.29) is 17.3 Å². The number of nitrogens with zero attached hydrogens (tertiary/aromatic N) is 2. The minimum absolute atomic E-state index is 0.0889. The summed E-state index contributed by atoms with van der Waals surface area (Å²) in [6.45, 7) is 0.435. The quantitative estimate of drug-likeness (QED) is 0.444. The summed E-state index contributed by atoms with van der Waals surface area (Å²) in [4.78, 5) is 20.6. The van der Waals surface area contributed by atoms with Crippen molar-refractivity contribution in [3.8, 4) is 11.4 Å². The molecule has 1 saturated heterocycles. The zero-order valence-electron chi connectivity index (χ0n) is 18.2. The van der Waals surface area contributed by atoms with Gasteiger partial charge >= 0.3 is 0 Å². The summed E-state index contributed by atoms with van der Waals surface area (Å²) >= 11 is 0. The van der Waals surface area contributed by atoms with Crippen molar-refractivity contribution in [3.05, 3.63) is 78.6 Å². The first-order chi connectivity index (χ1) is 16.4. The second-order valence-corrected chi connectivity index (χ2v) is 10.3. The normalized spacial score (nSPS) is 17.0. The maximum Gasteiger partial charge on any atom is 0.243 e. The van der Waals surface area contributed by atoms with Gasteiger partial charge in [-0.25, -0.2) is 17.8 Å². The number of fused-ring (bicyclic) bond motifs is 1. The van der Waals surface area contributed by atoms with Crippen molar-refractivity contribution in [2.24, 2.45) is 5.92 Å². The molecule has 0 aliphatic carbocycles. The first-order valence-electron chi connectivity index (χ1n) is 11.0. The molecule has 0 saturated carbocycles. The highest BCUT2D eigenvalue weighted by molar-refractivity contribution is 7.89. The van der Waals surface area contributed by atoms with Crippen LogP contribution in [-0.2, 0) is 14.8 Å². The highest BCUT2D eigenvalue weighted by Crippen LogP contribution is 2.28. The molecule has 0 radical (unpaired) electrons. The van der Waals surface area contributed by atoms with Crippen molar-refractivity contribution in [1.29, 1.82) is 0 Å². The summed E-state index contributed by atoms with van der Waals surface area (Å²) in [6, 6.07) is 19.9. The molecule has 5 rings (SSSR count). The van der Waals surface area contributed by atoms with E-state index in [1.54, 1.807) is 18.2 Å². The highest BCUT2D eigenvalue weighted by Gasteiger charge is 2.33. The van der Waals surface area contributed by atoms with Gasteiger partial charge in [0.15, 0.2) is 0 Å². The van der Waals surface area contributed by atoms with Crippen molar-refractivity contribution in [2.45, 2.75) is 17.7 Å². The van der Waals surface area contributed by atoms with Crippen LogP contribution in [0.1, 0.15) is 12.8 Å². The van der Waals surface area contributed by atoms with E-state index in [0.29, 0.717) is 41.9 Å². The molecule has 1 fully saturated rings. The van der Waals surface area contributed by atoms with Crippen molar-refractivity contribution in [2.75, 3.05) is 18.4 Å². The number of nitrogens with one attached hydrogen (secondary N) is 2. The molecule has 3 aromatic carbocycles. The number of amides is 1. The number of piperidine rings is 1. The predicted octanol–water partition coefficient (Wildman–Crippen LogP) is 4.41. The molecule has 2 heterocycles. The predicted molar refractivity (Wildman–Crippen MR) is 128 cm³/mol. The number of benzene rings is 3. The van der Waals surface area contributed by atoms with Crippen LogP contribution in [0.25, 0.3) is 22.4 Å². The molecule has 1 unspecified atom stereocenters. The number of carbonyl (C=O) groups is 1. The molecule has 1 aliphatic rings. The standard InChI is InChI=1S/C25H23FN4O3S/c26-19-8-10-20(11-9-19)27-25(31)18-7-4-14-30(16-18)34(32,33)21-12-13-22-23(15-21)29-24(28-22)17-5-2-1-3-6-17/h1-3,5-6,8-13,15,18H,4,7,14,16H2,(H,27,31)(H,28,29). The SMILES string of the molecule is O=C(Nc1ccc(F)cc1)C1CCCN(S(=O)(=O)c2ccc3nc(-c4ccccc4)[nH]c3c2)C1. The smallest absolute Gasteiger partial charge is 0.243 e. The van der Waals surface area contributed by atoms with E-state index in [0.717, 1.165) is 5.56 Å². The number of imidazole rings is 1. The molecule has 9 heteroatoms. The third kappa shape index (κ3) is 4.44. The molecule has 1 atom stereocenters. The van der Waals surface area contributed by atoms with Crippen LogP contribution in [0, 0.1) is 11.7 Å². The van der Waals surface area contributed by atoms with Gasteiger partial charge in [0.1, 0.15) is 11.6 Å². The molecule has 7 nitrogen and oxygen atoms in total. The lowest BCUT2D eigenvalue weighted by atomic mass is 9.99. The molecule has 1 aromatic heterocycles. The molecule has 174 valence electrons. The number of sulfonamides is 1. The molecular formula is C25H23FN4O3S. The molecule has 0 bridgehead atoms. The van der Waals surface area contributed by atoms with E-state index in [1.165, 1.54) is 28.6 Å². The number of hydrogen-bond donors (Lipinski definition) is 2. The number of carbonyl (C=O) groups excluding carboxylic acids is 1. The second-order valence-electron chi connectivity index (χ2n) is 8.33. The molecule has 34 heavy (non-hydrogen) atoms. The Morgan fingerprint density at radius 2 is 1.82 bits per heavy atom. The average molecular weight is 479 g/mol. The van der Waals surface area contributed by atoms with Gasteiger partial charge in [0.25, 0.3) is 0 Å². The van der Waals surface area contributed by atoms with Crippen molar-refractivity contribution < 1.29 is 17.6 Å². The Bertz CT molecular complexity index is 1440. The number of anilines is 1. The lowest BCUT2D eigenvalue weighted by Gasteiger charge is -2.31. The number of H-pyrrole nitrogens is 1. The summed E-state index contributed by atoms with van der Waals surface area (Å²) in [5, 5.41) is 2.75. The van der Waals surface area contributed by atoms with Crippen LogP contribution >= 0.6 is 0 Å². The fourth-order valence-electron chi connectivity index (χ4n) is 4.18. The molecule has 1 amide bonds. The fourth-order valence-corrected chi connectivity index (χ4v) is 5.73. The molecule has 4 aromatic rings. The summed E-state index contributed by atoms with van der Waals surface area (Å²) in [7, 11) is -3.80. The van der Waals surface area contributed by atoms with Crippen LogP contribution in [0.5, 0.6) is 0 Å². The van der Waals surface area contributed by atoms with Gasteiger partial charge in [0.2, 0.25) is 15.9 Å². The fraction of sp³-hybridized carbons (Fsp3) is 0.200. The monoisotopic (exact) mass is 478 g/mol. The third-order valence-corrected chi connectivity index (χ3v) is 7.87. The van der Waals surface area contributed by atoms with Gasteiger partial charge < -0.3 is 10.3 Å². The van der Waals surface area contributed by atoms with E-state index in [4.69, 9.17) is 0 Å². The highest BCUT2D eigenvalue weighted by atomic mass is 32.2. The van der Waals surface area contributed by atoms with Crippen LogP contribution < -0.4 is 5.32 Å². The minimum atomic E-state index is -3.80. The van der Waals surface area contributed by atoms with Gasteiger partial charge in [-0.1, -0.05) is 30.3 Å². The van der Waals surface area contributed by atoms with Crippen LogP contribution in [0.15, 0.2) is 77.7 Å². The number of halogens is 1. The molecule has 2 N–H and O–H groups in total. The largest absolute Gasteiger partial charge is 0.338 e. The van der Waals surface area contributed by atoms with Gasteiger partial charge in [-0.05, 0) is 55.3 Å². The maximum atomic E-state index is 13.4. The minimum Gasteiger partial charge on any atom is -0.338 e. The first kappa shape index (κ1) is 22.2. The van der Waals surface area contributed by atoms with Crippen molar-refractivity contribution in [1.82, 2.24) is 14.3 Å². The second kappa shape index (κ2) is 9.00. The zero-order chi connectivity index (χ0) is 23.7. The van der Waals surface area contributed by atoms with Gasteiger partial charge in [0, 0.05) is 24.3 Å². The van der Waals surface area contributed by atoms with E-state index in [1.807, 2.05) is 30.3 Å². The van der Waals surface area contributed by atoms with Gasteiger partial charge in [0.05, 0.1) is 21.8 Å². The molecule has 1 aliphatic heterocycles. The van der Waals surface area contributed by atoms with Gasteiger partial charge in [-0.3, -0.25) is 4.79 Å². The van der Waals surface area contributed by atoms with Crippen molar-refractivity contribution in [3.63, 3.8) is 0 Å². The number of aromatic nitrogens is 2. The summed E-state index contributed by atoms with van der Waals surface area (Å²) in [5.74, 6) is -0.490. The van der Waals surface area contributed by atoms with E-state index < -0.39 is 21.8 Å². The van der Waals surface area contributed by atoms with E-state index >= 15 is 0 Å². The zero-order valence-corrected chi connectivity index (χ0v) is 19.1. The van der Waals surface area contributed by atoms with Gasteiger partial charge in [-0.15, -0.1) is 0 Å². The Hall–Kier alpha value is -3.56. The number of rotatable bonds is 5. The molecule has 0 spiro atoms. The van der Waals surface area contributed by atoms with Gasteiger partial charge in [-0.2, -0.15) is 4.31 Å². The maximum absolute atomic E-state index is 13.4. The average Bonchev–Trinajstić information content (AvgIpc) is 3.30. The number of hydrogen-bond acceptors (Lipinski definition) is 4. The van der Waals surface area contributed by atoms with Crippen LogP contribution in [0.3, 0.4) is 0 Å². The molecular weight excluding hydrogens is 455 g/mol. The lowest BCUT2D eigenvalue weighted by Crippen LogP contribution is -2.43. The Morgan fingerprint density at radius 3 is 2.59 bits per heavy atom. The van der Waals surface area contributed by atoms with Crippen molar-refractivity contribution >= 4 is 32.7 Å². The van der Waals surface area contributed by atoms with E-state index in [2.05, 4.69) is 15.3 Å². The Balaban J connectivity index is 1.35. The summed E-state index contributed by atoms with van der Waals surface area (Å²) in [6.07, 6.45) is 1.16. The first-order valence-corrected chi connectivity index (χ1v) is 12.5. The Kier molecular flexibility index (Phi) is 5.89. The lowest BCUT2D eigenvalue weighted by molar-refractivity contribution is -0.120. The third-order valence-electron chi connectivity index (χ3n) is 6.01. The van der Waals surface area contributed by atoms with Crippen LogP contribution in [0.2, 0.25) is 0 Å². The summed E-state index contributed by atoms with van der Waals surface area (Å²) < 4.78 is 41.3. The summed E-state index contributed by atoms with van der Waals surface area (Å²) in [5.41, 5.74) is 2.69. The van der Waals surface area contributed by atoms with Crippen LogP contribution in [-0.4, -0.2) is 41.7 Å². The Labute approximate surface area is 196 Å². The Morgan fingerprint density at radius 1 is 1.06 bits per heavy atom. The van der Waals surface area contributed by atoms with E-state index in [9.17, 15) is 17.6 Å².